The summed E-state index contributed by atoms with van der Waals surface area (Å²) in [6, 6.07) is 4.44. The van der Waals surface area contributed by atoms with Gasteiger partial charge in [0, 0.05) is 5.02 Å². The molecule has 1 aromatic heterocycles. The number of hydrogen-bond donors (Lipinski definition) is 3. The summed E-state index contributed by atoms with van der Waals surface area (Å²) in [5.41, 5.74) is 0.0196. The standard InChI is InChI=1S/C9H7Cl2N4O4P/c10-5-1-2-7(6(11)3-5)13-9(16)8-4-12-15(14-8)20(17,18)19/h1-4H,(H,13,16)(H2,17,18,19). The van der Waals surface area contributed by atoms with Crippen molar-refractivity contribution in [3.8, 4) is 0 Å². The number of carbonyl (C=O) groups is 1. The van der Waals surface area contributed by atoms with Gasteiger partial charge in [-0.3, -0.25) is 4.79 Å². The maximum atomic E-state index is 11.8. The van der Waals surface area contributed by atoms with Crippen molar-refractivity contribution in [3.05, 3.63) is 40.1 Å². The molecule has 8 nitrogen and oxygen atoms in total. The van der Waals surface area contributed by atoms with E-state index in [9.17, 15) is 9.36 Å². The summed E-state index contributed by atoms with van der Waals surface area (Å²) in [6.07, 6.45) is 0.929. The molecule has 0 saturated heterocycles. The van der Waals surface area contributed by atoms with Crippen molar-refractivity contribution >= 4 is 42.5 Å². The Kier molecular flexibility index (Phi) is 4.12. The lowest BCUT2D eigenvalue weighted by Crippen LogP contribution is -2.13. The third kappa shape index (κ3) is 3.36. The van der Waals surface area contributed by atoms with Crippen LogP contribution >= 0.6 is 30.9 Å². The maximum absolute atomic E-state index is 11.8. The minimum absolute atomic E-state index is 0.158. The zero-order valence-corrected chi connectivity index (χ0v) is 12.0. The molecule has 106 valence electrons. The third-order valence-electron chi connectivity index (χ3n) is 2.13. The summed E-state index contributed by atoms with van der Waals surface area (Å²) in [4.78, 5) is 29.5. The minimum atomic E-state index is -4.66. The van der Waals surface area contributed by atoms with E-state index in [4.69, 9.17) is 33.0 Å². The second-order valence-electron chi connectivity index (χ2n) is 3.59. The zero-order valence-electron chi connectivity index (χ0n) is 9.57. The van der Waals surface area contributed by atoms with Gasteiger partial charge in [-0.05, 0) is 18.2 Å². The van der Waals surface area contributed by atoms with Crippen LogP contribution in [0.25, 0.3) is 0 Å². The molecule has 2 rings (SSSR count). The van der Waals surface area contributed by atoms with Crippen LogP contribution in [0.2, 0.25) is 10.0 Å². The number of rotatable bonds is 3. The summed E-state index contributed by atoms with van der Waals surface area (Å²) in [5.74, 6) is -0.714. The Morgan fingerprint density at radius 1 is 1.35 bits per heavy atom. The van der Waals surface area contributed by atoms with E-state index in [2.05, 4.69) is 15.5 Å². The number of benzene rings is 1. The molecule has 0 fully saturated rings. The monoisotopic (exact) mass is 336 g/mol. The smallest absolute Gasteiger partial charge is 0.319 e. The minimum Gasteiger partial charge on any atom is -0.319 e. The average Bonchev–Trinajstić information content (AvgIpc) is 2.82. The Hall–Kier alpha value is -1.44. The van der Waals surface area contributed by atoms with Crippen molar-refractivity contribution in [3.63, 3.8) is 0 Å². The molecule has 20 heavy (non-hydrogen) atoms. The summed E-state index contributed by atoms with van der Waals surface area (Å²) < 4.78 is 11.0. The highest BCUT2D eigenvalue weighted by Gasteiger charge is 2.22. The Morgan fingerprint density at radius 2 is 2.05 bits per heavy atom. The van der Waals surface area contributed by atoms with E-state index in [1.807, 2.05) is 0 Å². The van der Waals surface area contributed by atoms with E-state index in [-0.39, 0.29) is 21.0 Å². The quantitative estimate of drug-likeness (QED) is 0.735. The van der Waals surface area contributed by atoms with Crippen LogP contribution in [-0.2, 0) is 4.57 Å². The van der Waals surface area contributed by atoms with Crippen LogP contribution < -0.4 is 5.32 Å². The molecular weight excluding hydrogens is 330 g/mol. The number of aromatic nitrogens is 3. The number of anilines is 1. The molecule has 0 bridgehead atoms. The number of carbonyl (C=O) groups excluding carboxylic acids is 1. The first-order chi connectivity index (χ1) is 9.27. The number of halogens is 2. The first-order valence-corrected chi connectivity index (χ1v) is 7.34. The van der Waals surface area contributed by atoms with Crippen molar-refractivity contribution in [2.75, 3.05) is 5.32 Å². The van der Waals surface area contributed by atoms with Crippen molar-refractivity contribution in [1.82, 2.24) is 14.8 Å². The van der Waals surface area contributed by atoms with Gasteiger partial charge < -0.3 is 15.1 Å². The SMILES string of the molecule is O=C(Nc1ccc(Cl)cc1Cl)c1cnn(P(=O)(O)O)n1. The van der Waals surface area contributed by atoms with Gasteiger partial charge in [-0.2, -0.15) is 5.10 Å². The van der Waals surface area contributed by atoms with Crippen LogP contribution in [0.1, 0.15) is 10.5 Å². The van der Waals surface area contributed by atoms with Crippen molar-refractivity contribution in [2.45, 2.75) is 0 Å². The van der Waals surface area contributed by atoms with E-state index in [1.165, 1.54) is 18.2 Å². The largest absolute Gasteiger partial charge is 0.466 e. The molecule has 0 unspecified atom stereocenters. The highest BCUT2D eigenvalue weighted by molar-refractivity contribution is 7.49. The molecule has 1 heterocycles. The molecule has 0 atom stereocenters. The molecule has 0 aliphatic rings. The van der Waals surface area contributed by atoms with Crippen LogP contribution in [0.5, 0.6) is 0 Å². The molecule has 11 heteroatoms. The predicted octanol–water partition coefficient (Wildman–Crippen LogP) is 1.78. The van der Waals surface area contributed by atoms with E-state index < -0.39 is 13.7 Å². The summed E-state index contributed by atoms with van der Waals surface area (Å²) >= 11 is 11.6. The van der Waals surface area contributed by atoms with E-state index in [1.54, 1.807) is 0 Å². The van der Waals surface area contributed by atoms with E-state index >= 15 is 0 Å². The Labute approximate surface area is 122 Å². The number of nitrogens with zero attached hydrogens (tertiary/aromatic N) is 3. The van der Waals surface area contributed by atoms with Crippen LogP contribution in [-0.4, -0.2) is 30.5 Å². The molecule has 2 aromatic rings. The lowest BCUT2D eigenvalue weighted by molar-refractivity contribution is 0.102. The Bertz CT molecular complexity index is 714. The molecule has 0 aliphatic heterocycles. The fraction of sp³-hybridized carbons (Fsp3) is 0. The van der Waals surface area contributed by atoms with Crippen molar-refractivity contribution < 1.29 is 19.1 Å². The summed E-state index contributed by atoms with van der Waals surface area (Å²) in [7, 11) is -4.66. The van der Waals surface area contributed by atoms with Crippen molar-refractivity contribution in [1.29, 1.82) is 0 Å². The number of hydrogen-bond acceptors (Lipinski definition) is 4. The summed E-state index contributed by atoms with van der Waals surface area (Å²) in [6.45, 7) is 0. The van der Waals surface area contributed by atoms with Gasteiger partial charge in [0.25, 0.3) is 5.91 Å². The molecule has 3 N–H and O–H groups in total. The molecule has 0 saturated carbocycles. The maximum Gasteiger partial charge on any atom is 0.466 e. The predicted molar refractivity (Wildman–Crippen MR) is 71.9 cm³/mol. The average molecular weight is 337 g/mol. The van der Waals surface area contributed by atoms with Crippen LogP contribution in [0.15, 0.2) is 24.4 Å². The molecular formula is C9H7Cl2N4O4P. The Morgan fingerprint density at radius 3 is 2.60 bits per heavy atom. The van der Waals surface area contributed by atoms with E-state index in [0.717, 1.165) is 6.20 Å². The molecule has 1 amide bonds. The van der Waals surface area contributed by atoms with Gasteiger partial charge in [0.15, 0.2) is 5.69 Å². The lowest BCUT2D eigenvalue weighted by atomic mass is 10.3. The lowest BCUT2D eigenvalue weighted by Gasteiger charge is -2.05. The highest BCUT2D eigenvalue weighted by Crippen LogP contribution is 2.34. The zero-order chi connectivity index (χ0) is 14.9. The molecule has 0 spiro atoms. The normalized spacial score (nSPS) is 11.4. The van der Waals surface area contributed by atoms with Crippen molar-refractivity contribution in [2.24, 2.45) is 0 Å². The fourth-order valence-corrected chi connectivity index (χ4v) is 2.12. The number of amides is 1. The first kappa shape index (κ1) is 15.0. The molecule has 1 aromatic carbocycles. The van der Waals surface area contributed by atoms with Gasteiger partial charge in [0.1, 0.15) is 0 Å². The fourth-order valence-electron chi connectivity index (χ4n) is 1.26. The van der Waals surface area contributed by atoms with Gasteiger partial charge in [-0.25, -0.2) is 4.57 Å². The second kappa shape index (κ2) is 5.51. The summed E-state index contributed by atoms with van der Waals surface area (Å²) in [5, 5.41) is 9.74. The first-order valence-electron chi connectivity index (χ1n) is 5.02. The number of nitrogens with one attached hydrogen (secondary N) is 1. The Balaban J connectivity index is 2.20. The van der Waals surface area contributed by atoms with Gasteiger partial charge in [0.2, 0.25) is 0 Å². The highest BCUT2D eigenvalue weighted by atomic mass is 35.5. The van der Waals surface area contributed by atoms with Crippen LogP contribution in [0, 0.1) is 0 Å². The van der Waals surface area contributed by atoms with Gasteiger partial charge in [-0.15, -0.1) is 5.10 Å². The van der Waals surface area contributed by atoms with Crippen LogP contribution in [0.4, 0.5) is 5.69 Å². The van der Waals surface area contributed by atoms with Crippen LogP contribution in [0.3, 0.4) is 0 Å². The molecule has 0 aliphatic carbocycles. The van der Waals surface area contributed by atoms with Gasteiger partial charge >= 0.3 is 7.75 Å². The van der Waals surface area contributed by atoms with Gasteiger partial charge in [-0.1, -0.05) is 27.8 Å². The van der Waals surface area contributed by atoms with E-state index in [0.29, 0.717) is 5.02 Å². The van der Waals surface area contributed by atoms with Gasteiger partial charge in [0.05, 0.1) is 16.9 Å². The molecule has 0 radical (unpaired) electrons. The topological polar surface area (TPSA) is 117 Å². The second-order valence-corrected chi connectivity index (χ2v) is 5.82. The third-order valence-corrected chi connectivity index (χ3v) is 3.33.